The van der Waals surface area contributed by atoms with E-state index in [1.165, 1.54) is 36.0 Å². The van der Waals surface area contributed by atoms with E-state index in [2.05, 4.69) is 19.7 Å². The van der Waals surface area contributed by atoms with Crippen LogP contribution in [0.25, 0.3) is 0 Å². The fourth-order valence-electron chi connectivity index (χ4n) is 1.91. The molecule has 8 nitrogen and oxygen atoms in total. The molecule has 0 aliphatic heterocycles. The minimum atomic E-state index is -0.824. The fraction of sp³-hybridized carbons (Fsp3) is 0.429. The van der Waals surface area contributed by atoms with Gasteiger partial charge in [-0.05, 0) is 0 Å². The van der Waals surface area contributed by atoms with Gasteiger partial charge in [0.15, 0.2) is 4.84 Å². The van der Waals surface area contributed by atoms with Crippen LogP contribution in [0.1, 0.15) is 41.8 Å². The number of carbonyl (C=O) groups is 2. The van der Waals surface area contributed by atoms with Crippen molar-refractivity contribution in [1.29, 1.82) is 0 Å². The molecule has 0 aliphatic rings. The van der Waals surface area contributed by atoms with Crippen molar-refractivity contribution in [3.63, 3.8) is 0 Å². The molecule has 2 heterocycles. The molecule has 12 heteroatoms. The molecule has 0 bridgehead atoms. The van der Waals surface area contributed by atoms with Gasteiger partial charge in [0.1, 0.15) is 21.7 Å². The first kappa shape index (κ1) is 22.6. The highest BCUT2D eigenvalue weighted by Gasteiger charge is 2.21. The zero-order valence-corrected chi connectivity index (χ0v) is 17.3. The molecule has 0 fully saturated rings. The quantitative estimate of drug-likeness (QED) is 0.529. The first-order chi connectivity index (χ1) is 12.1. The molecule has 0 spiro atoms. The monoisotopic (exact) mass is 444 g/mol. The van der Waals surface area contributed by atoms with Crippen LogP contribution in [0.5, 0.6) is 0 Å². The van der Waals surface area contributed by atoms with Crippen LogP contribution in [0.3, 0.4) is 0 Å². The lowest BCUT2D eigenvalue weighted by molar-refractivity contribution is 0.0590. The Balaban J connectivity index is 0.000000260. The number of alkyl halides is 4. The van der Waals surface area contributed by atoms with Crippen molar-refractivity contribution < 1.29 is 19.1 Å². The number of carbonyl (C=O) groups excluding carboxylic acids is 2. The zero-order chi connectivity index (χ0) is 20.0. The summed E-state index contributed by atoms with van der Waals surface area (Å²) in [5.74, 6) is -0.983. The molecule has 26 heavy (non-hydrogen) atoms. The number of hydrogen-bond donors (Lipinski definition) is 0. The molecule has 2 aromatic rings. The summed E-state index contributed by atoms with van der Waals surface area (Å²) in [6, 6.07) is 0. The van der Waals surface area contributed by atoms with Gasteiger partial charge >= 0.3 is 11.9 Å². The highest BCUT2D eigenvalue weighted by Crippen LogP contribution is 2.27. The number of ether oxygens (including phenoxy) is 2. The molecule has 0 atom stereocenters. The minimum absolute atomic E-state index is 0.292. The van der Waals surface area contributed by atoms with E-state index in [4.69, 9.17) is 46.4 Å². The Morgan fingerprint density at radius 2 is 1.54 bits per heavy atom. The molecule has 0 unspecified atom stereocenters. The van der Waals surface area contributed by atoms with Gasteiger partial charge in [-0.1, -0.05) is 46.4 Å². The summed E-state index contributed by atoms with van der Waals surface area (Å²) >= 11 is 22.5. The Labute approximate surface area is 169 Å². The van der Waals surface area contributed by atoms with Crippen molar-refractivity contribution in [2.75, 3.05) is 14.2 Å². The molecule has 2 aromatic heterocycles. The summed E-state index contributed by atoms with van der Waals surface area (Å²) in [7, 11) is 5.90. The number of rotatable bonds is 4. The second-order valence-corrected chi connectivity index (χ2v) is 6.95. The van der Waals surface area contributed by atoms with Crippen LogP contribution in [-0.4, -0.2) is 45.7 Å². The average molecular weight is 446 g/mol. The van der Waals surface area contributed by atoms with Gasteiger partial charge in [0.25, 0.3) is 0 Å². The van der Waals surface area contributed by atoms with Gasteiger partial charge in [-0.15, -0.1) is 0 Å². The van der Waals surface area contributed by atoms with Crippen LogP contribution in [0, 0.1) is 0 Å². The molecular weight excluding hydrogens is 430 g/mol. The van der Waals surface area contributed by atoms with Crippen LogP contribution in [-0.2, 0) is 23.6 Å². The molecule has 144 valence electrons. The number of esters is 2. The lowest BCUT2D eigenvalue weighted by Crippen LogP contribution is -2.06. The number of halogens is 4. The van der Waals surface area contributed by atoms with E-state index in [-0.39, 0.29) is 0 Å². The van der Waals surface area contributed by atoms with E-state index < -0.39 is 21.6 Å². The molecule has 0 N–H and O–H groups in total. The van der Waals surface area contributed by atoms with Crippen molar-refractivity contribution in [3.8, 4) is 0 Å². The van der Waals surface area contributed by atoms with E-state index in [1.54, 1.807) is 14.1 Å². The predicted molar refractivity (Wildman–Crippen MR) is 98.0 cm³/mol. The predicted octanol–water partition coefficient (Wildman–Crippen LogP) is 3.37. The summed E-state index contributed by atoms with van der Waals surface area (Å²) in [6.45, 7) is 0. The van der Waals surface area contributed by atoms with Gasteiger partial charge < -0.3 is 9.47 Å². The first-order valence-electron chi connectivity index (χ1n) is 6.92. The lowest BCUT2D eigenvalue weighted by atomic mass is 10.3. The summed E-state index contributed by atoms with van der Waals surface area (Å²) in [5.41, 5.74) is 1.34. The largest absolute Gasteiger partial charge is 0.465 e. The molecule has 0 saturated carbocycles. The van der Waals surface area contributed by atoms with Gasteiger partial charge in [0, 0.05) is 20.3 Å². The first-order valence-corrected chi connectivity index (χ1v) is 8.66. The topological polar surface area (TPSA) is 88.2 Å². The molecule has 0 aromatic carbocycles. The Kier molecular flexibility index (Phi) is 8.69. The van der Waals surface area contributed by atoms with Crippen molar-refractivity contribution in [2.45, 2.75) is 9.67 Å². The maximum Gasteiger partial charge on any atom is 0.341 e. The molecule has 0 amide bonds. The number of nitrogens with zero attached hydrogens (tertiary/aromatic N) is 4. The zero-order valence-electron chi connectivity index (χ0n) is 14.2. The number of methoxy groups -OCH3 is 2. The maximum atomic E-state index is 11.2. The second kappa shape index (κ2) is 10.0. The number of hydrogen-bond acceptors (Lipinski definition) is 6. The molecule has 0 saturated heterocycles. The average Bonchev–Trinajstić information content (AvgIpc) is 3.17. The fourth-order valence-corrected chi connectivity index (χ4v) is 2.75. The highest BCUT2D eigenvalue weighted by atomic mass is 35.5. The Hall–Kier alpha value is -1.48. The van der Waals surface area contributed by atoms with Crippen LogP contribution >= 0.6 is 46.4 Å². The third-order valence-corrected chi connectivity index (χ3v) is 3.89. The molecule has 0 aliphatic carbocycles. The number of aryl methyl sites for hydroxylation is 2. The van der Waals surface area contributed by atoms with E-state index in [9.17, 15) is 9.59 Å². The van der Waals surface area contributed by atoms with Crippen LogP contribution in [0.2, 0.25) is 0 Å². The van der Waals surface area contributed by atoms with Gasteiger partial charge in [0.2, 0.25) is 0 Å². The molecule has 0 radical (unpaired) electrons. The normalized spacial score (nSPS) is 10.5. The van der Waals surface area contributed by atoms with Crippen molar-refractivity contribution >= 4 is 58.3 Å². The van der Waals surface area contributed by atoms with Crippen molar-refractivity contribution in [3.05, 3.63) is 34.9 Å². The van der Waals surface area contributed by atoms with E-state index in [0.29, 0.717) is 22.5 Å². The lowest BCUT2D eigenvalue weighted by Gasteiger charge is -2.04. The Morgan fingerprint density at radius 1 is 1.00 bits per heavy atom. The summed E-state index contributed by atoms with van der Waals surface area (Å²) in [4.78, 5) is 20.7. The second-order valence-electron chi connectivity index (χ2n) is 4.75. The summed E-state index contributed by atoms with van der Waals surface area (Å²) in [5, 5.41) is 7.78. The van der Waals surface area contributed by atoms with Crippen LogP contribution in [0.4, 0.5) is 0 Å². The Morgan fingerprint density at radius 3 is 2.00 bits per heavy atom. The van der Waals surface area contributed by atoms with Gasteiger partial charge in [-0.25, -0.2) is 9.59 Å². The van der Waals surface area contributed by atoms with Crippen LogP contribution in [0.15, 0.2) is 12.4 Å². The molecular formula is C14H16Cl4N4O4. The van der Waals surface area contributed by atoms with Crippen molar-refractivity contribution in [1.82, 2.24) is 19.6 Å². The van der Waals surface area contributed by atoms with Crippen molar-refractivity contribution in [2.24, 2.45) is 14.1 Å². The van der Waals surface area contributed by atoms with Gasteiger partial charge in [0.05, 0.1) is 26.1 Å². The SMILES string of the molecule is COC(=O)c1cn(C)nc1C(Cl)Cl.COC(=O)c1cnn(C)c1C(Cl)Cl. The minimum Gasteiger partial charge on any atom is -0.465 e. The van der Waals surface area contributed by atoms with Crippen LogP contribution < -0.4 is 0 Å². The highest BCUT2D eigenvalue weighted by molar-refractivity contribution is 6.44. The van der Waals surface area contributed by atoms with E-state index in [0.717, 1.165) is 0 Å². The third-order valence-electron chi connectivity index (χ3n) is 3.07. The summed E-state index contributed by atoms with van der Waals surface area (Å²) in [6.07, 6.45) is 2.89. The third kappa shape index (κ3) is 5.51. The van der Waals surface area contributed by atoms with E-state index >= 15 is 0 Å². The maximum absolute atomic E-state index is 11.2. The van der Waals surface area contributed by atoms with Gasteiger partial charge in [-0.3, -0.25) is 9.36 Å². The smallest absolute Gasteiger partial charge is 0.341 e. The standard InChI is InChI=1S/2C7H8Cl2N2O2/c1-11-3-4(7(12)13-2)5(10-11)6(8)9;1-11-5(6(8)9)4(3-10-11)7(12)13-2/h2*3,6H,1-2H3. The number of aromatic nitrogens is 4. The van der Waals surface area contributed by atoms with Gasteiger partial charge in [-0.2, -0.15) is 10.2 Å². The van der Waals surface area contributed by atoms with E-state index in [1.807, 2.05) is 0 Å². The molecule has 2 rings (SSSR count). The Bertz CT molecular complexity index is 759. The summed E-state index contributed by atoms with van der Waals surface area (Å²) < 4.78 is 12.0.